The number of fused-ring (bicyclic) bond motifs is 1. The average Bonchev–Trinajstić information content (AvgIpc) is 3.23. The van der Waals surface area contributed by atoms with E-state index in [0.717, 1.165) is 27.6 Å². The molecule has 0 unspecified atom stereocenters. The zero-order chi connectivity index (χ0) is 23.4. The Labute approximate surface area is 195 Å². The number of nitrogens with zero attached hydrogens (tertiary/aromatic N) is 1. The Kier molecular flexibility index (Phi) is 6.70. The molecule has 0 spiro atoms. The number of anilines is 1. The molecule has 1 amide bonds. The lowest BCUT2D eigenvalue weighted by Gasteiger charge is -2.12. The molecule has 0 atom stereocenters. The summed E-state index contributed by atoms with van der Waals surface area (Å²) in [5.41, 5.74) is 3.49. The Morgan fingerprint density at radius 2 is 1.79 bits per heavy atom. The summed E-state index contributed by atoms with van der Waals surface area (Å²) in [5.74, 6) is -0.757. The number of ether oxygens (including phenoxy) is 1. The zero-order valence-corrected chi connectivity index (χ0v) is 19.3. The maximum Gasteiger partial charge on any atom is 0.341 e. The van der Waals surface area contributed by atoms with Crippen LogP contribution in [0.5, 0.6) is 0 Å². The van der Waals surface area contributed by atoms with Gasteiger partial charge in [0.15, 0.2) is 0 Å². The van der Waals surface area contributed by atoms with E-state index in [9.17, 15) is 14.4 Å². The van der Waals surface area contributed by atoms with Gasteiger partial charge in [-0.2, -0.15) is 0 Å². The minimum atomic E-state index is -0.478. The van der Waals surface area contributed by atoms with Crippen molar-refractivity contribution in [2.75, 3.05) is 11.9 Å². The largest absolute Gasteiger partial charge is 0.462 e. The highest BCUT2D eigenvalue weighted by molar-refractivity contribution is 7.15. The second-order valence-electron chi connectivity index (χ2n) is 7.57. The zero-order valence-electron chi connectivity index (χ0n) is 18.5. The molecule has 2 aromatic heterocycles. The molecule has 1 N–H and O–H groups in total. The number of benzene rings is 2. The van der Waals surface area contributed by atoms with Gasteiger partial charge in [-0.3, -0.25) is 9.59 Å². The molecule has 2 aromatic carbocycles. The Morgan fingerprint density at radius 3 is 2.55 bits per heavy atom. The molecule has 4 rings (SSSR count). The standard InChI is InChI=1S/C26H24N2O4S/c1-3-32-26(31)24-20(18-9-5-4-6-10-18)16-33-25(24)27-22(29)13-14-28-21-12-8-7-11-19(21)17(2)15-23(28)30/h4-12,15-16H,3,13-14H2,1-2H3,(H,27,29). The van der Waals surface area contributed by atoms with Crippen LogP contribution in [0.3, 0.4) is 0 Å². The van der Waals surface area contributed by atoms with Gasteiger partial charge in [0.2, 0.25) is 5.91 Å². The molecule has 0 saturated carbocycles. The molecule has 4 aromatic rings. The average molecular weight is 461 g/mol. The molecular formula is C26H24N2O4S. The van der Waals surface area contributed by atoms with Crippen LogP contribution in [0.2, 0.25) is 0 Å². The summed E-state index contributed by atoms with van der Waals surface area (Å²) in [6.07, 6.45) is 0.0911. The van der Waals surface area contributed by atoms with Crippen molar-refractivity contribution in [1.29, 1.82) is 0 Å². The summed E-state index contributed by atoms with van der Waals surface area (Å²) in [7, 11) is 0. The lowest BCUT2D eigenvalue weighted by molar-refractivity contribution is -0.116. The molecule has 0 fully saturated rings. The fraction of sp³-hybridized carbons (Fsp3) is 0.192. The number of aromatic nitrogens is 1. The number of aryl methyl sites for hydroxylation is 2. The van der Waals surface area contributed by atoms with Gasteiger partial charge in [0.1, 0.15) is 10.6 Å². The van der Waals surface area contributed by atoms with Gasteiger partial charge in [-0.05, 0) is 31.0 Å². The van der Waals surface area contributed by atoms with Crippen LogP contribution < -0.4 is 10.9 Å². The highest BCUT2D eigenvalue weighted by Crippen LogP contribution is 2.36. The Morgan fingerprint density at radius 1 is 1.06 bits per heavy atom. The first kappa shape index (κ1) is 22.5. The Balaban J connectivity index is 1.58. The highest BCUT2D eigenvalue weighted by atomic mass is 32.1. The fourth-order valence-corrected chi connectivity index (χ4v) is 4.79. The van der Waals surface area contributed by atoms with Crippen LogP contribution in [-0.2, 0) is 16.1 Å². The number of carbonyl (C=O) groups is 2. The summed E-state index contributed by atoms with van der Waals surface area (Å²) in [4.78, 5) is 38.1. The Bertz CT molecular complexity index is 1370. The summed E-state index contributed by atoms with van der Waals surface area (Å²) in [6, 6.07) is 18.7. The molecule has 0 bridgehead atoms. The third kappa shape index (κ3) is 4.73. The van der Waals surface area contributed by atoms with Gasteiger partial charge >= 0.3 is 5.97 Å². The van der Waals surface area contributed by atoms with E-state index >= 15 is 0 Å². The lowest BCUT2D eigenvalue weighted by Crippen LogP contribution is -2.23. The summed E-state index contributed by atoms with van der Waals surface area (Å²) in [6.45, 7) is 4.12. The van der Waals surface area contributed by atoms with Gasteiger partial charge in [-0.1, -0.05) is 48.5 Å². The normalized spacial score (nSPS) is 10.8. The first-order valence-corrected chi connectivity index (χ1v) is 11.6. The van der Waals surface area contributed by atoms with Crippen molar-refractivity contribution < 1.29 is 14.3 Å². The van der Waals surface area contributed by atoms with Crippen molar-refractivity contribution in [2.24, 2.45) is 0 Å². The van der Waals surface area contributed by atoms with E-state index in [0.29, 0.717) is 10.6 Å². The van der Waals surface area contributed by atoms with Crippen LogP contribution in [0, 0.1) is 6.92 Å². The minimum absolute atomic E-state index is 0.0911. The van der Waals surface area contributed by atoms with E-state index in [4.69, 9.17) is 4.74 Å². The van der Waals surface area contributed by atoms with E-state index < -0.39 is 5.97 Å². The third-order valence-electron chi connectivity index (χ3n) is 5.40. The summed E-state index contributed by atoms with van der Waals surface area (Å²) >= 11 is 1.28. The van der Waals surface area contributed by atoms with E-state index in [1.165, 1.54) is 11.3 Å². The molecule has 6 nitrogen and oxygen atoms in total. The van der Waals surface area contributed by atoms with Gasteiger partial charge < -0.3 is 14.6 Å². The van der Waals surface area contributed by atoms with Crippen molar-refractivity contribution in [3.8, 4) is 11.1 Å². The summed E-state index contributed by atoms with van der Waals surface area (Å²) < 4.78 is 6.86. The second-order valence-corrected chi connectivity index (χ2v) is 8.45. The highest BCUT2D eigenvalue weighted by Gasteiger charge is 2.22. The number of hydrogen-bond donors (Lipinski definition) is 1. The second kappa shape index (κ2) is 9.83. The number of carbonyl (C=O) groups excluding carboxylic acids is 2. The number of rotatable bonds is 7. The number of amides is 1. The first-order chi connectivity index (χ1) is 16.0. The molecule has 0 aliphatic carbocycles. The minimum Gasteiger partial charge on any atom is -0.462 e. The SMILES string of the molecule is CCOC(=O)c1c(-c2ccccc2)csc1NC(=O)CCn1c(=O)cc(C)c2ccccc21. The van der Waals surface area contributed by atoms with Gasteiger partial charge in [0, 0.05) is 35.4 Å². The molecule has 2 heterocycles. The van der Waals surface area contributed by atoms with Crippen LogP contribution in [0.4, 0.5) is 5.00 Å². The van der Waals surface area contributed by atoms with Crippen LogP contribution in [0.15, 0.2) is 70.8 Å². The quantitative estimate of drug-likeness (QED) is 0.383. The van der Waals surface area contributed by atoms with Gasteiger partial charge in [-0.15, -0.1) is 11.3 Å². The van der Waals surface area contributed by atoms with Crippen LogP contribution in [0.1, 0.15) is 29.3 Å². The van der Waals surface area contributed by atoms with Gasteiger partial charge in [0.25, 0.3) is 5.56 Å². The molecule has 0 radical (unpaired) electrons. The molecule has 7 heteroatoms. The predicted molar refractivity (Wildman–Crippen MR) is 132 cm³/mol. The van der Waals surface area contributed by atoms with Crippen molar-refractivity contribution in [3.63, 3.8) is 0 Å². The first-order valence-electron chi connectivity index (χ1n) is 10.7. The van der Waals surface area contributed by atoms with Gasteiger partial charge in [0.05, 0.1) is 12.1 Å². The maximum atomic E-state index is 12.8. The lowest BCUT2D eigenvalue weighted by atomic mass is 10.0. The number of esters is 1. The molecule has 33 heavy (non-hydrogen) atoms. The summed E-state index contributed by atoms with van der Waals surface area (Å²) in [5, 5.41) is 6.12. The Hall–Kier alpha value is -3.71. The molecule has 0 saturated heterocycles. The van der Waals surface area contributed by atoms with E-state index in [-0.39, 0.29) is 31.0 Å². The van der Waals surface area contributed by atoms with Crippen molar-refractivity contribution in [2.45, 2.75) is 26.8 Å². The van der Waals surface area contributed by atoms with E-state index in [1.807, 2.05) is 66.9 Å². The van der Waals surface area contributed by atoms with Crippen LogP contribution in [-0.4, -0.2) is 23.1 Å². The topological polar surface area (TPSA) is 77.4 Å². The predicted octanol–water partition coefficient (Wildman–Crippen LogP) is 5.24. The monoisotopic (exact) mass is 460 g/mol. The molecule has 0 aliphatic rings. The van der Waals surface area contributed by atoms with Crippen LogP contribution in [0.25, 0.3) is 22.0 Å². The van der Waals surface area contributed by atoms with Crippen LogP contribution >= 0.6 is 11.3 Å². The van der Waals surface area contributed by atoms with Crippen molar-refractivity contribution in [3.05, 3.63) is 87.5 Å². The number of pyridine rings is 1. The van der Waals surface area contributed by atoms with Crippen molar-refractivity contribution in [1.82, 2.24) is 4.57 Å². The van der Waals surface area contributed by atoms with Crippen molar-refractivity contribution >= 4 is 39.1 Å². The number of para-hydroxylation sites is 1. The number of nitrogens with one attached hydrogen (secondary N) is 1. The number of thiophene rings is 1. The molecular weight excluding hydrogens is 436 g/mol. The molecule has 0 aliphatic heterocycles. The van der Waals surface area contributed by atoms with E-state index in [2.05, 4.69) is 5.32 Å². The van der Waals surface area contributed by atoms with E-state index in [1.54, 1.807) is 17.6 Å². The smallest absolute Gasteiger partial charge is 0.341 e. The fourth-order valence-electron chi connectivity index (χ4n) is 3.82. The maximum absolute atomic E-state index is 12.8. The third-order valence-corrected chi connectivity index (χ3v) is 6.29. The molecule has 168 valence electrons. The number of hydrogen-bond acceptors (Lipinski definition) is 5. The van der Waals surface area contributed by atoms with Gasteiger partial charge in [-0.25, -0.2) is 4.79 Å².